The summed E-state index contributed by atoms with van der Waals surface area (Å²) >= 11 is 1.31. The van der Waals surface area contributed by atoms with Crippen molar-refractivity contribution in [2.75, 3.05) is 0 Å². The predicted octanol–water partition coefficient (Wildman–Crippen LogP) is 4.88. The molecule has 1 unspecified atom stereocenters. The van der Waals surface area contributed by atoms with Gasteiger partial charge < -0.3 is 4.42 Å². The Morgan fingerprint density at radius 1 is 1.07 bits per heavy atom. The molecule has 2 aromatic heterocycles. The first-order chi connectivity index (χ1) is 14.7. The molecule has 1 saturated carbocycles. The quantitative estimate of drug-likeness (QED) is 0.430. The van der Waals surface area contributed by atoms with Gasteiger partial charge in [-0.25, -0.2) is 4.98 Å². The van der Waals surface area contributed by atoms with Crippen molar-refractivity contribution in [1.29, 1.82) is 0 Å². The number of fused-ring (bicyclic) bond motifs is 1. The second-order valence-electron chi connectivity index (χ2n) is 7.51. The summed E-state index contributed by atoms with van der Waals surface area (Å²) < 4.78 is 6.51. The van der Waals surface area contributed by atoms with E-state index in [1.54, 1.807) is 0 Å². The Kier molecular flexibility index (Phi) is 4.96. The van der Waals surface area contributed by atoms with E-state index in [0.29, 0.717) is 23.7 Å². The minimum atomic E-state index is -0.383. The molecular formula is C23H19N3O3S. The van der Waals surface area contributed by atoms with Crippen LogP contribution in [0.5, 0.6) is 0 Å². The summed E-state index contributed by atoms with van der Waals surface area (Å²) in [6, 6.07) is 16.0. The molecule has 150 valence electrons. The van der Waals surface area contributed by atoms with Gasteiger partial charge in [0.05, 0.1) is 10.2 Å². The number of ketones is 2. The van der Waals surface area contributed by atoms with Crippen molar-refractivity contribution < 1.29 is 14.0 Å². The lowest BCUT2D eigenvalue weighted by Crippen LogP contribution is -2.21. The lowest BCUT2D eigenvalue weighted by Gasteiger charge is -2.18. The average molecular weight is 417 g/mol. The summed E-state index contributed by atoms with van der Waals surface area (Å²) in [7, 11) is 0. The van der Waals surface area contributed by atoms with Crippen molar-refractivity contribution in [3.8, 4) is 11.1 Å². The Morgan fingerprint density at radius 3 is 2.77 bits per heavy atom. The maximum Gasteiger partial charge on any atom is 0.291 e. The van der Waals surface area contributed by atoms with Gasteiger partial charge in [-0.05, 0) is 36.1 Å². The molecule has 0 N–H and O–H groups in total. The second-order valence-corrected chi connectivity index (χ2v) is 8.54. The van der Waals surface area contributed by atoms with Gasteiger partial charge >= 0.3 is 0 Å². The van der Waals surface area contributed by atoms with Crippen molar-refractivity contribution in [3.05, 3.63) is 65.3 Å². The van der Waals surface area contributed by atoms with Gasteiger partial charge in [-0.2, -0.15) is 0 Å². The highest BCUT2D eigenvalue weighted by Crippen LogP contribution is 2.29. The van der Waals surface area contributed by atoms with E-state index in [1.165, 1.54) is 11.3 Å². The van der Waals surface area contributed by atoms with E-state index in [4.69, 9.17) is 4.42 Å². The van der Waals surface area contributed by atoms with Crippen molar-refractivity contribution in [3.63, 3.8) is 0 Å². The molecule has 0 saturated heterocycles. The van der Waals surface area contributed by atoms with Gasteiger partial charge in [0.2, 0.25) is 5.89 Å². The number of nitrogens with zero attached hydrogens (tertiary/aromatic N) is 3. The molecule has 6 nitrogen and oxygen atoms in total. The molecule has 1 aliphatic carbocycles. The zero-order valence-corrected chi connectivity index (χ0v) is 17.0. The van der Waals surface area contributed by atoms with E-state index in [-0.39, 0.29) is 23.4 Å². The van der Waals surface area contributed by atoms with Crippen LogP contribution in [0.4, 0.5) is 0 Å². The largest absolute Gasteiger partial charge is 0.418 e. The molecule has 1 fully saturated rings. The van der Waals surface area contributed by atoms with Crippen molar-refractivity contribution in [2.45, 2.75) is 32.1 Å². The Bertz CT molecular complexity index is 1230. The molecule has 7 heteroatoms. The first-order valence-corrected chi connectivity index (χ1v) is 10.8. The molecule has 0 radical (unpaired) electrons. The van der Waals surface area contributed by atoms with Gasteiger partial charge in [0.1, 0.15) is 5.78 Å². The third kappa shape index (κ3) is 3.68. The Balaban J connectivity index is 1.37. The molecule has 5 rings (SSSR count). The zero-order valence-electron chi connectivity index (χ0n) is 16.2. The number of benzene rings is 2. The second kappa shape index (κ2) is 7.91. The molecule has 0 spiro atoms. The van der Waals surface area contributed by atoms with Gasteiger partial charge in [-0.3, -0.25) is 9.59 Å². The zero-order chi connectivity index (χ0) is 20.5. The SMILES string of the molecule is O=C(c1nnc(CC2CCCCC2=O)o1)c1nc2ccc(-c3ccccc3)cc2s1. The number of rotatable bonds is 5. The van der Waals surface area contributed by atoms with E-state index in [9.17, 15) is 9.59 Å². The number of hydrogen-bond donors (Lipinski definition) is 0. The molecule has 0 bridgehead atoms. The van der Waals surface area contributed by atoms with Crippen LogP contribution in [0.2, 0.25) is 0 Å². The molecule has 2 heterocycles. The third-order valence-corrected chi connectivity index (χ3v) is 6.47. The average Bonchev–Trinajstić information content (AvgIpc) is 3.42. The van der Waals surface area contributed by atoms with E-state index in [2.05, 4.69) is 15.2 Å². The number of carbonyl (C=O) groups excluding carboxylic acids is 2. The summed E-state index contributed by atoms with van der Waals surface area (Å²) in [6.07, 6.45) is 3.84. The minimum Gasteiger partial charge on any atom is -0.418 e. The van der Waals surface area contributed by atoms with Crippen LogP contribution in [-0.2, 0) is 11.2 Å². The fourth-order valence-electron chi connectivity index (χ4n) is 3.83. The normalized spacial score (nSPS) is 16.8. The summed E-state index contributed by atoms with van der Waals surface area (Å²) in [5.41, 5.74) is 2.94. The molecule has 1 aliphatic rings. The van der Waals surface area contributed by atoms with Gasteiger partial charge in [0, 0.05) is 18.8 Å². The summed E-state index contributed by atoms with van der Waals surface area (Å²) in [5, 5.41) is 8.21. The van der Waals surface area contributed by atoms with Crippen LogP contribution in [-0.4, -0.2) is 26.7 Å². The molecule has 2 aromatic carbocycles. The number of Topliss-reactive ketones (excluding diaryl/α,β-unsaturated/α-hetero) is 1. The van der Waals surface area contributed by atoms with Crippen molar-refractivity contribution in [2.24, 2.45) is 5.92 Å². The molecule has 1 atom stereocenters. The molecular weight excluding hydrogens is 398 g/mol. The van der Waals surface area contributed by atoms with Gasteiger partial charge in [-0.1, -0.05) is 42.8 Å². The maximum atomic E-state index is 12.8. The van der Waals surface area contributed by atoms with Crippen LogP contribution in [0.25, 0.3) is 21.3 Å². The molecule has 0 aliphatic heterocycles. The Morgan fingerprint density at radius 2 is 1.93 bits per heavy atom. The standard InChI is InChI=1S/C23H19N3O3S/c27-18-9-5-4-8-16(18)13-20-25-26-22(29-20)21(28)23-24-17-11-10-15(12-19(17)30-23)14-6-2-1-3-7-14/h1-3,6-7,10-12,16H,4-5,8-9,13H2. The maximum absolute atomic E-state index is 12.8. The molecule has 4 aromatic rings. The van der Waals surface area contributed by atoms with Gasteiger partial charge in [0.25, 0.3) is 11.7 Å². The fraction of sp³-hybridized carbons (Fsp3) is 0.261. The van der Waals surface area contributed by atoms with Crippen LogP contribution >= 0.6 is 11.3 Å². The van der Waals surface area contributed by atoms with E-state index in [1.807, 2.05) is 48.5 Å². The number of carbonyl (C=O) groups is 2. The first kappa shape index (κ1) is 18.8. The monoisotopic (exact) mass is 417 g/mol. The smallest absolute Gasteiger partial charge is 0.291 e. The van der Waals surface area contributed by atoms with Crippen molar-refractivity contribution >= 4 is 33.1 Å². The number of aromatic nitrogens is 3. The Hall–Kier alpha value is -3.19. The lowest BCUT2D eigenvalue weighted by molar-refractivity contribution is -0.124. The predicted molar refractivity (Wildman–Crippen MR) is 113 cm³/mol. The number of hydrogen-bond acceptors (Lipinski definition) is 7. The molecule has 30 heavy (non-hydrogen) atoms. The van der Waals surface area contributed by atoms with Crippen molar-refractivity contribution in [1.82, 2.24) is 15.2 Å². The minimum absolute atomic E-state index is 0.0735. The van der Waals surface area contributed by atoms with Crippen LogP contribution < -0.4 is 0 Å². The lowest BCUT2D eigenvalue weighted by atomic mass is 9.86. The molecule has 0 amide bonds. The highest BCUT2D eigenvalue weighted by Gasteiger charge is 2.26. The summed E-state index contributed by atoms with van der Waals surface area (Å²) in [5.74, 6) is 0.0431. The van der Waals surface area contributed by atoms with Crippen LogP contribution in [0.15, 0.2) is 52.9 Å². The third-order valence-electron chi connectivity index (χ3n) is 5.45. The highest BCUT2D eigenvalue weighted by molar-refractivity contribution is 7.20. The van der Waals surface area contributed by atoms with Gasteiger partial charge in [0.15, 0.2) is 5.01 Å². The van der Waals surface area contributed by atoms with Crippen LogP contribution in [0.1, 0.15) is 47.3 Å². The van der Waals surface area contributed by atoms with Gasteiger partial charge in [-0.15, -0.1) is 21.5 Å². The van der Waals surface area contributed by atoms with E-state index in [0.717, 1.165) is 40.6 Å². The summed E-state index contributed by atoms with van der Waals surface area (Å²) in [6.45, 7) is 0. The Labute approximate surface area is 177 Å². The van der Waals surface area contributed by atoms with Crippen LogP contribution in [0.3, 0.4) is 0 Å². The van der Waals surface area contributed by atoms with E-state index < -0.39 is 0 Å². The fourth-order valence-corrected chi connectivity index (χ4v) is 4.77. The topological polar surface area (TPSA) is 86.0 Å². The van der Waals surface area contributed by atoms with Crippen LogP contribution in [0, 0.1) is 5.92 Å². The van der Waals surface area contributed by atoms with E-state index >= 15 is 0 Å². The highest BCUT2D eigenvalue weighted by atomic mass is 32.1. The summed E-state index contributed by atoms with van der Waals surface area (Å²) in [4.78, 5) is 29.3. The first-order valence-electron chi connectivity index (χ1n) is 10.0. The number of thiazole rings is 1.